The Morgan fingerprint density at radius 2 is 1.89 bits per heavy atom. The van der Waals surface area contributed by atoms with E-state index in [1.54, 1.807) is 17.6 Å². The number of unbranched alkanes of at least 4 members (excludes halogenated alkanes) is 3. The number of carbonyl (C=O) groups excluding carboxylic acids is 2. The lowest BCUT2D eigenvalue weighted by Gasteiger charge is -2.09. The highest BCUT2D eigenvalue weighted by molar-refractivity contribution is 7.12. The van der Waals surface area contributed by atoms with Gasteiger partial charge in [-0.1, -0.05) is 44.4 Å². The Kier molecular flexibility index (Phi) is 6.54. The Morgan fingerprint density at radius 1 is 1.04 bits per heavy atom. The number of amides is 2. The van der Waals surface area contributed by atoms with Crippen molar-refractivity contribution in [3.05, 3.63) is 58.4 Å². The van der Waals surface area contributed by atoms with Crippen molar-refractivity contribution in [3.63, 3.8) is 0 Å². The van der Waals surface area contributed by atoms with Crippen LogP contribution in [0.2, 0.25) is 0 Å². The Bertz CT molecular complexity index is 931. The van der Waals surface area contributed by atoms with Gasteiger partial charge in [-0.3, -0.25) is 14.6 Å². The van der Waals surface area contributed by atoms with E-state index in [0.29, 0.717) is 22.7 Å². The van der Waals surface area contributed by atoms with Gasteiger partial charge in [0, 0.05) is 18.1 Å². The molecule has 1 aromatic carbocycles. The molecule has 0 bridgehead atoms. The molecule has 6 heteroatoms. The zero-order chi connectivity index (χ0) is 19.1. The molecule has 2 amide bonds. The van der Waals surface area contributed by atoms with Gasteiger partial charge >= 0.3 is 0 Å². The quantitative estimate of drug-likeness (QED) is 0.548. The fourth-order valence-corrected chi connectivity index (χ4v) is 3.68. The maximum absolute atomic E-state index is 12.8. The van der Waals surface area contributed by atoms with Gasteiger partial charge < -0.3 is 10.6 Å². The number of nitrogens with one attached hydrogen (secondary N) is 2. The van der Waals surface area contributed by atoms with Crippen LogP contribution >= 0.6 is 11.3 Å². The summed E-state index contributed by atoms with van der Waals surface area (Å²) in [6.45, 7) is 2.78. The molecule has 0 aliphatic carbocycles. The first-order valence-corrected chi connectivity index (χ1v) is 10.1. The van der Waals surface area contributed by atoms with Gasteiger partial charge in [-0.15, -0.1) is 11.3 Å². The second-order valence-electron chi connectivity index (χ2n) is 6.31. The number of carbonyl (C=O) groups is 2. The van der Waals surface area contributed by atoms with Gasteiger partial charge in [0.05, 0.1) is 16.8 Å². The van der Waals surface area contributed by atoms with Crippen LogP contribution in [0.4, 0.5) is 5.69 Å². The fourth-order valence-electron chi connectivity index (χ4n) is 2.90. The van der Waals surface area contributed by atoms with Crippen molar-refractivity contribution in [2.75, 3.05) is 11.9 Å². The number of benzene rings is 1. The number of pyridine rings is 1. The van der Waals surface area contributed by atoms with Crippen LogP contribution < -0.4 is 10.6 Å². The first kappa shape index (κ1) is 19.0. The third-order valence-corrected chi connectivity index (χ3v) is 5.23. The second-order valence-corrected chi connectivity index (χ2v) is 7.23. The third-order valence-electron chi connectivity index (χ3n) is 4.31. The number of rotatable bonds is 8. The van der Waals surface area contributed by atoms with Crippen molar-refractivity contribution in [1.29, 1.82) is 0 Å². The molecule has 2 aromatic heterocycles. The van der Waals surface area contributed by atoms with Gasteiger partial charge in [-0.05, 0) is 30.0 Å². The second kappa shape index (κ2) is 9.28. The first-order valence-electron chi connectivity index (χ1n) is 9.21. The van der Waals surface area contributed by atoms with E-state index in [2.05, 4.69) is 22.5 Å². The average Bonchev–Trinajstić information content (AvgIpc) is 3.18. The minimum Gasteiger partial charge on any atom is -0.352 e. The predicted molar refractivity (Wildman–Crippen MR) is 110 cm³/mol. The third kappa shape index (κ3) is 4.71. The molecule has 0 radical (unpaired) electrons. The lowest BCUT2D eigenvalue weighted by Crippen LogP contribution is -2.26. The number of para-hydroxylation sites is 1. The van der Waals surface area contributed by atoms with Crippen LogP contribution in [0.5, 0.6) is 0 Å². The lowest BCUT2D eigenvalue weighted by atomic mass is 10.1. The van der Waals surface area contributed by atoms with Crippen molar-refractivity contribution in [2.45, 2.75) is 32.6 Å². The van der Waals surface area contributed by atoms with Crippen LogP contribution in [-0.4, -0.2) is 23.3 Å². The molecule has 0 saturated carbocycles. The van der Waals surface area contributed by atoms with E-state index >= 15 is 0 Å². The largest absolute Gasteiger partial charge is 0.352 e. The van der Waals surface area contributed by atoms with Crippen molar-refractivity contribution < 1.29 is 9.59 Å². The Balaban J connectivity index is 1.69. The van der Waals surface area contributed by atoms with Crippen LogP contribution in [0, 0.1) is 0 Å². The normalized spacial score (nSPS) is 10.7. The number of aromatic nitrogens is 1. The van der Waals surface area contributed by atoms with Crippen molar-refractivity contribution in [2.24, 2.45) is 0 Å². The molecule has 3 aromatic rings. The summed E-state index contributed by atoms with van der Waals surface area (Å²) >= 11 is 1.26. The molecule has 0 saturated heterocycles. The van der Waals surface area contributed by atoms with Gasteiger partial charge in [0.1, 0.15) is 4.88 Å². The Labute approximate surface area is 162 Å². The molecule has 0 atom stereocenters. The topological polar surface area (TPSA) is 71.1 Å². The molecule has 2 N–H and O–H groups in total. The summed E-state index contributed by atoms with van der Waals surface area (Å²) in [6, 6.07) is 11.1. The van der Waals surface area contributed by atoms with E-state index in [1.165, 1.54) is 17.8 Å². The Hall–Kier alpha value is -2.73. The molecular formula is C21H23N3O2S. The lowest BCUT2D eigenvalue weighted by molar-refractivity contribution is 0.0941. The highest BCUT2D eigenvalue weighted by Gasteiger charge is 2.19. The van der Waals surface area contributed by atoms with Crippen molar-refractivity contribution in [3.8, 4) is 0 Å². The van der Waals surface area contributed by atoms with E-state index in [9.17, 15) is 9.59 Å². The highest BCUT2D eigenvalue weighted by Crippen LogP contribution is 2.23. The molecule has 3 rings (SSSR count). The van der Waals surface area contributed by atoms with Crippen molar-refractivity contribution in [1.82, 2.24) is 10.3 Å². The average molecular weight is 382 g/mol. The zero-order valence-electron chi connectivity index (χ0n) is 15.3. The van der Waals surface area contributed by atoms with Gasteiger partial charge in [-0.25, -0.2) is 0 Å². The van der Waals surface area contributed by atoms with Crippen molar-refractivity contribution >= 4 is 39.7 Å². The SMILES string of the molecule is CCCCCCNC(=O)c1ccsc1C(=O)Nc1cccc2cccnc12. The van der Waals surface area contributed by atoms with Crippen LogP contribution in [-0.2, 0) is 0 Å². The monoisotopic (exact) mass is 381 g/mol. The van der Waals surface area contributed by atoms with E-state index in [-0.39, 0.29) is 11.8 Å². The Morgan fingerprint density at radius 3 is 2.74 bits per heavy atom. The minimum absolute atomic E-state index is 0.200. The zero-order valence-corrected chi connectivity index (χ0v) is 16.1. The number of anilines is 1. The smallest absolute Gasteiger partial charge is 0.266 e. The van der Waals surface area contributed by atoms with Crippen LogP contribution in [0.1, 0.15) is 52.6 Å². The van der Waals surface area contributed by atoms with Crippen LogP contribution in [0.3, 0.4) is 0 Å². The predicted octanol–water partition coefficient (Wildman–Crippen LogP) is 4.86. The molecule has 0 aliphatic heterocycles. The summed E-state index contributed by atoms with van der Waals surface area (Å²) in [5.41, 5.74) is 1.78. The molecule has 0 fully saturated rings. The highest BCUT2D eigenvalue weighted by atomic mass is 32.1. The fraction of sp³-hybridized carbons (Fsp3) is 0.286. The molecule has 27 heavy (non-hydrogen) atoms. The summed E-state index contributed by atoms with van der Waals surface area (Å²) in [7, 11) is 0. The molecule has 2 heterocycles. The summed E-state index contributed by atoms with van der Waals surface area (Å²) < 4.78 is 0. The summed E-state index contributed by atoms with van der Waals surface area (Å²) in [4.78, 5) is 29.9. The summed E-state index contributed by atoms with van der Waals surface area (Å²) in [6.07, 6.45) is 6.07. The first-order chi connectivity index (χ1) is 13.2. The van der Waals surface area contributed by atoms with Gasteiger partial charge in [-0.2, -0.15) is 0 Å². The number of thiophene rings is 1. The molecule has 0 aliphatic rings. The number of hydrogen-bond donors (Lipinski definition) is 2. The summed E-state index contributed by atoms with van der Waals surface area (Å²) in [5.74, 6) is -0.492. The molecule has 0 spiro atoms. The molecular weight excluding hydrogens is 358 g/mol. The standard InChI is InChI=1S/C21H23N3O2S/c1-2-3-4-5-12-23-20(25)16-11-14-27-19(16)21(26)24-17-10-6-8-15-9-7-13-22-18(15)17/h6-11,13-14H,2-5,12H2,1H3,(H,23,25)(H,24,26). The molecule has 140 valence electrons. The van der Waals surface area contributed by atoms with Crippen LogP contribution in [0.25, 0.3) is 10.9 Å². The maximum atomic E-state index is 12.8. The number of nitrogens with zero attached hydrogens (tertiary/aromatic N) is 1. The van der Waals surface area contributed by atoms with Gasteiger partial charge in [0.2, 0.25) is 0 Å². The van der Waals surface area contributed by atoms with E-state index in [1.807, 2.05) is 30.3 Å². The van der Waals surface area contributed by atoms with E-state index < -0.39 is 0 Å². The minimum atomic E-state index is -0.292. The number of fused-ring (bicyclic) bond motifs is 1. The molecule has 0 unspecified atom stereocenters. The van der Waals surface area contributed by atoms with Crippen LogP contribution in [0.15, 0.2) is 48.0 Å². The number of hydrogen-bond acceptors (Lipinski definition) is 4. The van der Waals surface area contributed by atoms with E-state index in [0.717, 1.165) is 30.2 Å². The van der Waals surface area contributed by atoms with E-state index in [4.69, 9.17) is 0 Å². The maximum Gasteiger partial charge on any atom is 0.266 e. The van der Waals surface area contributed by atoms with Gasteiger partial charge in [0.25, 0.3) is 11.8 Å². The van der Waals surface area contributed by atoms with Gasteiger partial charge in [0.15, 0.2) is 0 Å². The molecule has 5 nitrogen and oxygen atoms in total. The summed E-state index contributed by atoms with van der Waals surface area (Å²) in [5, 5.41) is 8.52.